The molecule has 156 valence electrons. The van der Waals surface area contributed by atoms with Gasteiger partial charge in [0, 0.05) is 11.9 Å². The molecule has 0 aromatic heterocycles. The molecule has 0 radical (unpaired) electrons. The van der Waals surface area contributed by atoms with Crippen molar-refractivity contribution in [3.8, 4) is 0 Å². The number of alkyl halides is 2. The molecule has 0 spiro atoms. The molecule has 0 unspecified atom stereocenters. The number of carbonyl (C=O) groups is 2. The minimum atomic E-state index is -3.89. The Labute approximate surface area is 171 Å². The van der Waals surface area contributed by atoms with Crippen molar-refractivity contribution in [2.24, 2.45) is 0 Å². The van der Waals surface area contributed by atoms with E-state index in [0.717, 1.165) is 9.87 Å². The van der Waals surface area contributed by atoms with E-state index in [9.17, 15) is 26.8 Å². The first-order valence-electron chi connectivity index (χ1n) is 8.27. The topological polar surface area (TPSA) is 95.6 Å². The van der Waals surface area contributed by atoms with E-state index in [0.29, 0.717) is 0 Å². The number of amides is 2. The molecule has 0 saturated heterocycles. The standard InChI is InChI=1S/C18H19F2N3O4S2/c1-12-7-9-13(10-8-12)29(26,27)23(2)11-16(24)21-22-17(25)14-5-3-4-6-15(14)28-18(19)20/h3-10,18H,11H2,1-2H3,(H,21,24)(H,22,25). The van der Waals surface area contributed by atoms with Gasteiger partial charge < -0.3 is 0 Å². The maximum absolute atomic E-state index is 12.6. The number of aryl methyl sites for hydroxylation is 1. The van der Waals surface area contributed by atoms with Gasteiger partial charge in [0.15, 0.2) is 0 Å². The molecule has 2 N–H and O–H groups in total. The molecule has 0 fully saturated rings. The summed E-state index contributed by atoms with van der Waals surface area (Å²) in [5, 5.41) is 0. The smallest absolute Gasteiger partial charge is 0.272 e. The van der Waals surface area contributed by atoms with E-state index in [1.807, 2.05) is 6.92 Å². The third-order valence-electron chi connectivity index (χ3n) is 3.76. The van der Waals surface area contributed by atoms with Crippen LogP contribution in [0, 0.1) is 6.92 Å². The average Bonchev–Trinajstić information content (AvgIpc) is 2.66. The Kier molecular flexibility index (Phi) is 7.71. The molecule has 11 heteroatoms. The van der Waals surface area contributed by atoms with Crippen LogP contribution >= 0.6 is 11.8 Å². The molecule has 0 atom stereocenters. The van der Waals surface area contributed by atoms with Gasteiger partial charge in [0.25, 0.3) is 17.6 Å². The zero-order chi connectivity index (χ0) is 21.6. The van der Waals surface area contributed by atoms with Crippen LogP contribution in [-0.2, 0) is 14.8 Å². The van der Waals surface area contributed by atoms with Gasteiger partial charge in [0.1, 0.15) is 0 Å². The Morgan fingerprint density at radius 1 is 1.07 bits per heavy atom. The van der Waals surface area contributed by atoms with Crippen LogP contribution in [0.3, 0.4) is 0 Å². The van der Waals surface area contributed by atoms with Gasteiger partial charge in [-0.3, -0.25) is 20.4 Å². The van der Waals surface area contributed by atoms with Crippen LogP contribution in [0.25, 0.3) is 0 Å². The van der Waals surface area contributed by atoms with Crippen molar-refractivity contribution < 1.29 is 26.8 Å². The number of hydrazine groups is 1. The van der Waals surface area contributed by atoms with E-state index in [1.54, 1.807) is 12.1 Å². The average molecular weight is 443 g/mol. The number of carbonyl (C=O) groups excluding carboxylic acids is 2. The van der Waals surface area contributed by atoms with Crippen molar-refractivity contribution >= 4 is 33.6 Å². The van der Waals surface area contributed by atoms with Gasteiger partial charge in [-0.05, 0) is 31.2 Å². The Hall–Kier alpha value is -2.50. The minimum absolute atomic E-state index is 0.0281. The number of rotatable bonds is 7. The van der Waals surface area contributed by atoms with Gasteiger partial charge in [-0.1, -0.05) is 41.6 Å². The monoisotopic (exact) mass is 443 g/mol. The molecule has 0 saturated carbocycles. The van der Waals surface area contributed by atoms with Crippen LogP contribution in [0.1, 0.15) is 15.9 Å². The highest BCUT2D eigenvalue weighted by atomic mass is 32.2. The second-order valence-electron chi connectivity index (χ2n) is 5.95. The fraction of sp³-hybridized carbons (Fsp3) is 0.222. The summed E-state index contributed by atoms with van der Waals surface area (Å²) in [5.41, 5.74) is 5.03. The third-order valence-corrected chi connectivity index (χ3v) is 6.36. The maximum Gasteiger partial charge on any atom is 0.288 e. The van der Waals surface area contributed by atoms with E-state index in [-0.39, 0.29) is 27.1 Å². The molecule has 0 aliphatic carbocycles. The maximum atomic E-state index is 12.6. The van der Waals surface area contributed by atoms with E-state index in [4.69, 9.17) is 0 Å². The quantitative estimate of drug-likeness (QED) is 0.506. The molecular weight excluding hydrogens is 424 g/mol. The van der Waals surface area contributed by atoms with Gasteiger partial charge in [0.05, 0.1) is 17.0 Å². The summed E-state index contributed by atoms with van der Waals surface area (Å²) in [6.07, 6.45) is 0. The van der Waals surface area contributed by atoms with Gasteiger partial charge in [-0.25, -0.2) is 8.42 Å². The highest BCUT2D eigenvalue weighted by Crippen LogP contribution is 2.28. The van der Waals surface area contributed by atoms with E-state index in [1.165, 1.54) is 43.4 Å². The van der Waals surface area contributed by atoms with Crippen molar-refractivity contribution in [1.82, 2.24) is 15.2 Å². The molecule has 0 aliphatic heterocycles. The fourth-order valence-electron chi connectivity index (χ4n) is 2.26. The Morgan fingerprint density at radius 2 is 1.69 bits per heavy atom. The lowest BCUT2D eigenvalue weighted by Crippen LogP contribution is -2.46. The van der Waals surface area contributed by atoms with Crippen molar-refractivity contribution in [2.75, 3.05) is 13.6 Å². The van der Waals surface area contributed by atoms with E-state index in [2.05, 4.69) is 10.9 Å². The number of nitrogens with zero attached hydrogens (tertiary/aromatic N) is 1. The molecule has 0 aliphatic rings. The summed E-state index contributed by atoms with van der Waals surface area (Å²) in [7, 11) is -2.66. The van der Waals surface area contributed by atoms with Crippen molar-refractivity contribution in [2.45, 2.75) is 22.5 Å². The highest BCUT2D eigenvalue weighted by Gasteiger charge is 2.23. The Balaban J connectivity index is 1.97. The van der Waals surface area contributed by atoms with Crippen LogP contribution in [0.2, 0.25) is 0 Å². The van der Waals surface area contributed by atoms with Gasteiger partial charge in [-0.2, -0.15) is 13.1 Å². The van der Waals surface area contributed by atoms with Crippen molar-refractivity contribution in [3.63, 3.8) is 0 Å². The van der Waals surface area contributed by atoms with E-state index >= 15 is 0 Å². The lowest BCUT2D eigenvalue weighted by atomic mass is 10.2. The number of nitrogens with one attached hydrogen (secondary N) is 2. The summed E-state index contributed by atoms with van der Waals surface area (Å²) in [5.74, 6) is -4.30. The summed E-state index contributed by atoms with van der Waals surface area (Å²) in [6.45, 7) is 1.26. The van der Waals surface area contributed by atoms with Crippen molar-refractivity contribution in [1.29, 1.82) is 0 Å². The first kappa shape index (κ1) is 22.8. The summed E-state index contributed by atoms with van der Waals surface area (Å²) >= 11 is 0.206. The van der Waals surface area contributed by atoms with Gasteiger partial charge in [-0.15, -0.1) is 0 Å². The minimum Gasteiger partial charge on any atom is -0.272 e. The van der Waals surface area contributed by atoms with Crippen LogP contribution in [-0.4, -0.2) is 43.9 Å². The molecule has 29 heavy (non-hydrogen) atoms. The Morgan fingerprint density at radius 3 is 2.31 bits per heavy atom. The predicted octanol–water partition coefficient (Wildman–Crippen LogP) is 2.39. The normalized spacial score (nSPS) is 11.5. The Bertz CT molecular complexity index is 983. The molecule has 2 aromatic carbocycles. The second kappa shape index (κ2) is 9.81. The van der Waals surface area contributed by atoms with Crippen LogP contribution in [0.15, 0.2) is 58.3 Å². The molecular formula is C18H19F2N3O4S2. The number of thioether (sulfide) groups is 1. The first-order valence-corrected chi connectivity index (χ1v) is 10.6. The molecule has 0 heterocycles. The van der Waals surface area contributed by atoms with Gasteiger partial charge >= 0.3 is 0 Å². The zero-order valence-electron chi connectivity index (χ0n) is 15.6. The molecule has 7 nitrogen and oxygen atoms in total. The van der Waals surface area contributed by atoms with Crippen LogP contribution in [0.5, 0.6) is 0 Å². The summed E-state index contributed by atoms with van der Waals surface area (Å²) in [4.78, 5) is 24.3. The number of halogens is 2. The summed E-state index contributed by atoms with van der Waals surface area (Å²) in [6, 6.07) is 11.8. The first-order chi connectivity index (χ1) is 13.6. The summed E-state index contributed by atoms with van der Waals surface area (Å²) < 4.78 is 51.0. The van der Waals surface area contributed by atoms with Crippen LogP contribution < -0.4 is 10.9 Å². The van der Waals surface area contributed by atoms with Crippen LogP contribution in [0.4, 0.5) is 8.78 Å². The second-order valence-corrected chi connectivity index (χ2v) is 9.03. The molecule has 0 bridgehead atoms. The number of benzene rings is 2. The lowest BCUT2D eigenvalue weighted by Gasteiger charge is -2.17. The fourth-order valence-corrected chi connectivity index (χ4v) is 4.03. The third kappa shape index (κ3) is 6.24. The number of hydrogen-bond donors (Lipinski definition) is 2. The van der Waals surface area contributed by atoms with Gasteiger partial charge in [0.2, 0.25) is 10.0 Å². The lowest BCUT2D eigenvalue weighted by molar-refractivity contribution is -0.121. The van der Waals surface area contributed by atoms with E-state index < -0.39 is 34.1 Å². The zero-order valence-corrected chi connectivity index (χ0v) is 17.2. The molecule has 2 amide bonds. The predicted molar refractivity (Wildman–Crippen MR) is 105 cm³/mol. The highest BCUT2D eigenvalue weighted by molar-refractivity contribution is 7.99. The largest absolute Gasteiger partial charge is 0.288 e. The number of hydrogen-bond acceptors (Lipinski definition) is 5. The SMILES string of the molecule is Cc1ccc(S(=O)(=O)N(C)CC(=O)NNC(=O)c2ccccc2SC(F)F)cc1. The molecule has 2 aromatic rings. The van der Waals surface area contributed by atoms with Crippen molar-refractivity contribution in [3.05, 3.63) is 59.7 Å². The number of sulfonamides is 1. The number of likely N-dealkylation sites (N-methyl/N-ethyl adjacent to an activating group) is 1. The molecule has 2 rings (SSSR count).